The van der Waals surface area contributed by atoms with E-state index in [-0.39, 0.29) is 23.9 Å². The number of hydrogen-bond donors (Lipinski definition) is 3. The molecule has 0 aromatic carbocycles. The Hall–Kier alpha value is -0.340. The van der Waals surface area contributed by atoms with Crippen LogP contribution in [0.4, 0.5) is 0 Å². The smallest absolute Gasteiger partial charge is 0.306 e. The van der Waals surface area contributed by atoms with Gasteiger partial charge in [-0.3, -0.25) is 9.63 Å². The number of carbonyl (C=O) groups is 1. The summed E-state index contributed by atoms with van der Waals surface area (Å²) < 4.78 is 0. The molecule has 0 saturated carbocycles. The highest BCUT2D eigenvalue weighted by Crippen LogP contribution is 2.28. The number of rotatable bonds is 5. The van der Waals surface area contributed by atoms with Crippen LogP contribution in [0.2, 0.25) is 0 Å². The Morgan fingerprint density at radius 3 is 3.00 bits per heavy atom. The zero-order chi connectivity index (χ0) is 11.4. The molecule has 5 N–H and O–H groups in total. The first-order valence-corrected chi connectivity index (χ1v) is 5.83. The van der Waals surface area contributed by atoms with Gasteiger partial charge in [0.2, 0.25) is 0 Å². The lowest BCUT2D eigenvalue weighted by Crippen LogP contribution is -2.34. The van der Waals surface area contributed by atoms with Gasteiger partial charge in [0.25, 0.3) is 0 Å². The van der Waals surface area contributed by atoms with Crippen molar-refractivity contribution in [2.24, 2.45) is 11.6 Å². The lowest BCUT2D eigenvalue weighted by atomic mass is 10.2. The molecule has 0 aliphatic carbocycles. The van der Waals surface area contributed by atoms with Gasteiger partial charge in [0.05, 0.1) is 17.9 Å². The molecule has 0 amide bonds. The first-order valence-electron chi connectivity index (χ1n) is 4.78. The topological polar surface area (TPSA) is 102 Å². The maximum atomic E-state index is 10.5. The minimum Gasteiger partial charge on any atom is -0.481 e. The van der Waals surface area contributed by atoms with Gasteiger partial charge in [0.15, 0.2) is 0 Å². The second kappa shape index (κ2) is 5.66. The van der Waals surface area contributed by atoms with Gasteiger partial charge >= 0.3 is 5.97 Å². The molecule has 0 bridgehead atoms. The number of carboxylic acids is 1. The molecule has 1 heterocycles. The van der Waals surface area contributed by atoms with E-state index in [2.05, 4.69) is 0 Å². The molecule has 1 saturated heterocycles. The molecular weight excluding hydrogens is 218 g/mol. The van der Waals surface area contributed by atoms with Crippen LogP contribution in [0.3, 0.4) is 0 Å². The Labute approximate surface area is 92.8 Å². The summed E-state index contributed by atoms with van der Waals surface area (Å²) >= 11 is 1.59. The average Bonchev–Trinajstić information content (AvgIpc) is 2.41. The molecule has 1 aliphatic rings. The monoisotopic (exact) mass is 235 g/mol. The minimum absolute atomic E-state index is 0.000324. The number of aliphatic carboxylic acids is 1. The lowest BCUT2D eigenvalue weighted by Gasteiger charge is -2.16. The maximum Gasteiger partial charge on any atom is 0.306 e. The van der Waals surface area contributed by atoms with Crippen LogP contribution in [0.5, 0.6) is 0 Å². The molecule has 2 unspecified atom stereocenters. The molecule has 88 valence electrons. The molecule has 0 aromatic heterocycles. The maximum absolute atomic E-state index is 10.5. The molecule has 7 heteroatoms. The van der Waals surface area contributed by atoms with Gasteiger partial charge in [-0.25, -0.2) is 5.84 Å². The summed E-state index contributed by atoms with van der Waals surface area (Å²) in [6.07, 6.45) is 0.293. The van der Waals surface area contributed by atoms with Crippen LogP contribution in [0, 0.1) is 0 Å². The van der Waals surface area contributed by atoms with E-state index in [1.165, 1.54) is 5.17 Å². The van der Waals surface area contributed by atoms with Gasteiger partial charge in [-0.2, -0.15) is 0 Å². The van der Waals surface area contributed by atoms with Crippen LogP contribution < -0.4 is 11.6 Å². The third kappa shape index (κ3) is 4.35. The van der Waals surface area contributed by atoms with Crippen molar-refractivity contribution in [3.05, 3.63) is 0 Å². The van der Waals surface area contributed by atoms with Crippen LogP contribution in [-0.2, 0) is 9.63 Å². The number of hydroxylamine groups is 1. The summed E-state index contributed by atoms with van der Waals surface area (Å²) in [6.45, 7) is 1.92. The molecule has 3 atom stereocenters. The van der Waals surface area contributed by atoms with E-state index < -0.39 is 5.97 Å². The summed E-state index contributed by atoms with van der Waals surface area (Å²) in [5.74, 6) is 5.50. The van der Waals surface area contributed by atoms with Crippen molar-refractivity contribution in [3.8, 4) is 0 Å². The second-order valence-electron chi connectivity index (χ2n) is 3.69. The lowest BCUT2D eigenvalue weighted by molar-refractivity contribution is -0.164. The summed E-state index contributed by atoms with van der Waals surface area (Å²) in [5.41, 5.74) is 5.62. The Morgan fingerprint density at radius 2 is 2.47 bits per heavy atom. The van der Waals surface area contributed by atoms with Gasteiger partial charge in [0, 0.05) is 18.2 Å². The normalized spacial score (nSPS) is 29.3. The molecule has 15 heavy (non-hydrogen) atoms. The van der Waals surface area contributed by atoms with Crippen molar-refractivity contribution in [2.45, 2.75) is 37.3 Å². The fourth-order valence-electron chi connectivity index (χ4n) is 1.33. The van der Waals surface area contributed by atoms with E-state index in [0.29, 0.717) is 6.42 Å². The third-order valence-corrected chi connectivity index (χ3v) is 3.48. The molecule has 6 nitrogen and oxygen atoms in total. The third-order valence-electron chi connectivity index (χ3n) is 1.97. The van der Waals surface area contributed by atoms with Crippen molar-refractivity contribution in [2.75, 3.05) is 5.75 Å². The zero-order valence-electron chi connectivity index (χ0n) is 8.63. The first-order chi connectivity index (χ1) is 6.99. The van der Waals surface area contributed by atoms with Gasteiger partial charge in [-0.1, -0.05) is 0 Å². The first kappa shape index (κ1) is 12.7. The standard InChI is InChI=1S/C8H17N3O3S/c1-5(9)4-15-7-2-6(3-8(12)13)14-11(7)10/h5-7H,2-4,9-10H2,1H3,(H,12,13)/t5-,6?,7?/m1/s1. The van der Waals surface area contributed by atoms with E-state index >= 15 is 0 Å². The molecule has 1 fully saturated rings. The minimum atomic E-state index is -0.869. The van der Waals surface area contributed by atoms with Crippen molar-refractivity contribution < 1.29 is 14.7 Å². The molecular formula is C8H17N3O3S. The predicted molar refractivity (Wildman–Crippen MR) is 57.7 cm³/mol. The van der Waals surface area contributed by atoms with Gasteiger partial charge in [-0.15, -0.1) is 16.9 Å². The fraction of sp³-hybridized carbons (Fsp3) is 0.875. The van der Waals surface area contributed by atoms with E-state index in [1.54, 1.807) is 11.8 Å². The second-order valence-corrected chi connectivity index (χ2v) is 4.90. The highest BCUT2D eigenvalue weighted by atomic mass is 32.2. The molecule has 1 aliphatic heterocycles. The van der Waals surface area contributed by atoms with Crippen LogP contribution in [0.1, 0.15) is 19.8 Å². The Balaban J connectivity index is 2.32. The van der Waals surface area contributed by atoms with Gasteiger partial charge < -0.3 is 10.8 Å². The summed E-state index contributed by atoms with van der Waals surface area (Å²) in [5, 5.41) is 9.84. The molecule has 1 rings (SSSR count). The quantitative estimate of drug-likeness (QED) is 0.564. The zero-order valence-corrected chi connectivity index (χ0v) is 9.44. The Bertz CT molecular complexity index is 227. The Kier molecular flexibility index (Phi) is 4.81. The van der Waals surface area contributed by atoms with E-state index in [4.69, 9.17) is 21.5 Å². The molecule has 0 aromatic rings. The van der Waals surface area contributed by atoms with E-state index in [9.17, 15) is 4.79 Å². The number of nitrogens with two attached hydrogens (primary N) is 2. The molecule has 0 radical (unpaired) electrons. The largest absolute Gasteiger partial charge is 0.481 e. The Morgan fingerprint density at radius 1 is 1.80 bits per heavy atom. The average molecular weight is 235 g/mol. The van der Waals surface area contributed by atoms with Crippen molar-refractivity contribution in [1.29, 1.82) is 0 Å². The highest BCUT2D eigenvalue weighted by Gasteiger charge is 2.33. The predicted octanol–water partition coefficient (Wildman–Crippen LogP) is -0.253. The van der Waals surface area contributed by atoms with E-state index in [0.717, 1.165) is 5.75 Å². The fourth-order valence-corrected chi connectivity index (χ4v) is 2.40. The molecule has 0 spiro atoms. The summed E-state index contributed by atoms with van der Waals surface area (Å²) in [4.78, 5) is 15.7. The number of thioether (sulfide) groups is 1. The number of carboxylic acid groups (broad SMARTS) is 1. The van der Waals surface area contributed by atoms with Gasteiger partial charge in [-0.05, 0) is 6.92 Å². The number of hydrazine groups is 1. The van der Waals surface area contributed by atoms with E-state index in [1.807, 2.05) is 6.92 Å². The van der Waals surface area contributed by atoms with Crippen LogP contribution in [-0.4, -0.2) is 39.5 Å². The van der Waals surface area contributed by atoms with Crippen LogP contribution in [0.25, 0.3) is 0 Å². The van der Waals surface area contributed by atoms with Gasteiger partial charge in [0.1, 0.15) is 0 Å². The van der Waals surface area contributed by atoms with Crippen LogP contribution >= 0.6 is 11.8 Å². The SMILES string of the molecule is C[C@@H](N)CSC1CC(CC(=O)O)ON1N. The van der Waals surface area contributed by atoms with Crippen molar-refractivity contribution in [1.82, 2.24) is 5.17 Å². The van der Waals surface area contributed by atoms with Crippen LogP contribution in [0.15, 0.2) is 0 Å². The summed E-state index contributed by atoms with van der Waals surface area (Å²) in [7, 11) is 0. The summed E-state index contributed by atoms with van der Waals surface area (Å²) in [6, 6.07) is 0.0990. The number of nitrogens with zero attached hydrogens (tertiary/aromatic N) is 1. The van der Waals surface area contributed by atoms with Crippen molar-refractivity contribution >= 4 is 17.7 Å². The number of hydrogen-bond acceptors (Lipinski definition) is 6. The van der Waals surface area contributed by atoms with Crippen molar-refractivity contribution in [3.63, 3.8) is 0 Å². The highest BCUT2D eigenvalue weighted by molar-refractivity contribution is 7.99.